The molecular weight excluding hydrogens is 292 g/mol. The normalized spacial score (nSPS) is 17.9. The lowest BCUT2D eigenvalue weighted by molar-refractivity contribution is -0.143. The number of hydrogen-bond donors (Lipinski definition) is 1. The first-order valence-electron chi connectivity index (χ1n) is 6.39. The first-order valence-corrected chi connectivity index (χ1v) is 6.39. The molecule has 0 aromatic heterocycles. The number of carbonyl (C=O) groups is 3. The van der Waals surface area contributed by atoms with Crippen LogP contribution in [-0.4, -0.2) is 43.3 Å². The quantitative estimate of drug-likeness (QED) is 0.496. The molecule has 0 unspecified atom stereocenters. The number of nitrogens with one attached hydrogen (secondary N) is 1. The number of hydrogen-bond acceptors (Lipinski definition) is 6. The molecule has 0 radical (unpaired) electrons. The summed E-state index contributed by atoms with van der Waals surface area (Å²) in [6.07, 6.45) is 1.50. The molecule has 1 N–H and O–H groups in total. The summed E-state index contributed by atoms with van der Waals surface area (Å²) in [5.74, 6) is -0.0744. The van der Waals surface area contributed by atoms with E-state index in [-0.39, 0.29) is 12.5 Å². The van der Waals surface area contributed by atoms with E-state index >= 15 is 0 Å². The number of imide groups is 1. The number of esters is 1. The molecule has 0 atom stereocenters. The molecule has 2 aliphatic heterocycles. The second kappa shape index (κ2) is 5.40. The van der Waals surface area contributed by atoms with E-state index < -0.39 is 24.5 Å². The van der Waals surface area contributed by atoms with Gasteiger partial charge in [-0.3, -0.25) is 9.59 Å². The summed E-state index contributed by atoms with van der Waals surface area (Å²) in [6, 6.07) is 4.46. The van der Waals surface area contributed by atoms with Gasteiger partial charge in [-0.1, -0.05) is 6.07 Å². The second-order valence-corrected chi connectivity index (χ2v) is 4.57. The monoisotopic (exact) mass is 304 g/mol. The van der Waals surface area contributed by atoms with Crippen LogP contribution in [0.15, 0.2) is 23.9 Å². The maximum Gasteiger partial charge on any atom is 0.329 e. The van der Waals surface area contributed by atoms with E-state index in [0.29, 0.717) is 17.1 Å². The minimum absolute atomic E-state index is 0.0766. The van der Waals surface area contributed by atoms with E-state index in [0.717, 1.165) is 4.90 Å². The van der Waals surface area contributed by atoms with E-state index in [1.165, 1.54) is 13.2 Å². The van der Waals surface area contributed by atoms with Crippen LogP contribution in [0.25, 0.3) is 6.08 Å². The summed E-state index contributed by atoms with van der Waals surface area (Å²) in [5.41, 5.74) is 0.737. The van der Waals surface area contributed by atoms with Gasteiger partial charge in [-0.05, 0) is 23.8 Å². The number of fused-ring (bicyclic) bond motifs is 1. The van der Waals surface area contributed by atoms with Crippen LogP contribution in [0, 0.1) is 0 Å². The molecule has 0 bridgehead atoms. The zero-order valence-corrected chi connectivity index (χ0v) is 11.6. The molecular formula is C14H12N2O6. The smallest absolute Gasteiger partial charge is 0.329 e. The molecule has 0 aliphatic carbocycles. The van der Waals surface area contributed by atoms with Gasteiger partial charge in [0.25, 0.3) is 5.91 Å². The van der Waals surface area contributed by atoms with E-state index in [1.54, 1.807) is 18.2 Å². The highest BCUT2D eigenvalue weighted by Crippen LogP contribution is 2.33. The van der Waals surface area contributed by atoms with Gasteiger partial charge in [0.1, 0.15) is 12.2 Å². The molecule has 22 heavy (non-hydrogen) atoms. The fraction of sp³-hybridized carbons (Fsp3) is 0.214. The fourth-order valence-electron chi connectivity index (χ4n) is 2.08. The van der Waals surface area contributed by atoms with Gasteiger partial charge < -0.3 is 19.5 Å². The van der Waals surface area contributed by atoms with Gasteiger partial charge in [-0.15, -0.1) is 0 Å². The number of carbonyl (C=O) groups excluding carboxylic acids is 3. The Balaban J connectivity index is 1.82. The third-order valence-corrected chi connectivity index (χ3v) is 3.18. The Bertz CT molecular complexity index is 697. The molecule has 2 heterocycles. The molecule has 3 rings (SSSR count). The number of rotatable bonds is 3. The molecule has 3 amide bonds. The predicted molar refractivity (Wildman–Crippen MR) is 72.8 cm³/mol. The van der Waals surface area contributed by atoms with Gasteiger partial charge >= 0.3 is 12.0 Å². The number of nitrogens with zero attached hydrogens (tertiary/aromatic N) is 1. The number of urea groups is 1. The van der Waals surface area contributed by atoms with Gasteiger partial charge in [0.05, 0.1) is 7.11 Å². The average Bonchev–Trinajstić information content (AvgIpc) is 3.07. The van der Waals surface area contributed by atoms with Gasteiger partial charge in [0, 0.05) is 0 Å². The predicted octanol–water partition coefficient (Wildman–Crippen LogP) is 0.481. The third-order valence-electron chi connectivity index (χ3n) is 3.18. The fourth-order valence-corrected chi connectivity index (χ4v) is 2.08. The standard InChI is InChI=1S/C14H12N2O6/c1-20-12(17)6-16-13(18)9(15-14(16)19)4-8-2-3-10-11(5-8)22-7-21-10/h2-5H,6-7H2,1H3,(H,15,19)/b9-4-. The van der Waals surface area contributed by atoms with Gasteiger partial charge in [0.2, 0.25) is 6.79 Å². The molecule has 114 valence electrons. The lowest BCUT2D eigenvalue weighted by Crippen LogP contribution is -2.36. The Morgan fingerprint density at radius 2 is 2.14 bits per heavy atom. The molecule has 1 fully saturated rings. The summed E-state index contributed by atoms with van der Waals surface area (Å²) in [7, 11) is 1.18. The van der Waals surface area contributed by atoms with Crippen molar-refractivity contribution in [3.05, 3.63) is 29.5 Å². The minimum atomic E-state index is -0.673. The summed E-state index contributed by atoms with van der Waals surface area (Å²) < 4.78 is 14.9. The molecule has 2 aliphatic rings. The van der Waals surface area contributed by atoms with Gasteiger partial charge in [0.15, 0.2) is 11.5 Å². The van der Waals surface area contributed by atoms with Crippen LogP contribution in [0.5, 0.6) is 11.5 Å². The number of ether oxygens (including phenoxy) is 3. The summed E-state index contributed by atoms with van der Waals surface area (Å²) >= 11 is 0. The molecule has 8 heteroatoms. The van der Waals surface area contributed by atoms with Gasteiger partial charge in [-0.25, -0.2) is 9.69 Å². The molecule has 1 aromatic rings. The van der Waals surface area contributed by atoms with Crippen molar-refractivity contribution in [3.8, 4) is 11.5 Å². The van der Waals surface area contributed by atoms with Crippen molar-refractivity contribution in [3.63, 3.8) is 0 Å². The van der Waals surface area contributed by atoms with E-state index in [2.05, 4.69) is 10.1 Å². The molecule has 1 aromatic carbocycles. The molecule has 1 saturated heterocycles. The highest BCUT2D eigenvalue weighted by molar-refractivity contribution is 6.15. The van der Waals surface area contributed by atoms with Crippen molar-refractivity contribution in [2.24, 2.45) is 0 Å². The second-order valence-electron chi connectivity index (χ2n) is 4.57. The van der Waals surface area contributed by atoms with Crippen LogP contribution in [0.3, 0.4) is 0 Å². The maximum atomic E-state index is 12.1. The Morgan fingerprint density at radius 1 is 1.36 bits per heavy atom. The van der Waals surface area contributed by atoms with Gasteiger partial charge in [-0.2, -0.15) is 0 Å². The highest BCUT2D eigenvalue weighted by Gasteiger charge is 2.35. The van der Waals surface area contributed by atoms with Crippen molar-refractivity contribution in [2.75, 3.05) is 20.4 Å². The Labute approximate surface area is 125 Å². The summed E-state index contributed by atoms with van der Waals surface area (Å²) in [6.45, 7) is -0.280. The SMILES string of the molecule is COC(=O)CN1C(=O)N/C(=C\c2ccc3c(c2)OCO3)C1=O. The zero-order chi connectivity index (χ0) is 15.7. The number of methoxy groups -OCH3 is 1. The number of amides is 3. The van der Waals surface area contributed by atoms with E-state index in [1.807, 2.05) is 0 Å². The van der Waals surface area contributed by atoms with Crippen LogP contribution in [0.4, 0.5) is 4.79 Å². The lowest BCUT2D eigenvalue weighted by atomic mass is 10.1. The summed E-state index contributed by atoms with van der Waals surface area (Å²) in [4.78, 5) is 35.8. The van der Waals surface area contributed by atoms with Crippen molar-refractivity contribution in [1.82, 2.24) is 10.2 Å². The minimum Gasteiger partial charge on any atom is -0.468 e. The Morgan fingerprint density at radius 3 is 2.91 bits per heavy atom. The molecule has 0 saturated carbocycles. The molecule has 0 spiro atoms. The third kappa shape index (κ3) is 2.46. The van der Waals surface area contributed by atoms with Crippen molar-refractivity contribution in [2.45, 2.75) is 0 Å². The van der Waals surface area contributed by atoms with Crippen LogP contribution in [0.2, 0.25) is 0 Å². The van der Waals surface area contributed by atoms with Crippen molar-refractivity contribution < 1.29 is 28.6 Å². The van der Waals surface area contributed by atoms with Crippen molar-refractivity contribution >= 4 is 24.0 Å². The Kier molecular flexibility index (Phi) is 3.42. The molecule has 8 nitrogen and oxygen atoms in total. The van der Waals surface area contributed by atoms with Crippen LogP contribution < -0.4 is 14.8 Å². The average molecular weight is 304 g/mol. The zero-order valence-electron chi connectivity index (χ0n) is 11.6. The Hall–Kier alpha value is -3.03. The highest BCUT2D eigenvalue weighted by atomic mass is 16.7. The first kappa shape index (κ1) is 13.9. The van der Waals surface area contributed by atoms with Crippen molar-refractivity contribution in [1.29, 1.82) is 0 Å². The number of benzene rings is 1. The summed E-state index contributed by atoms with van der Waals surface area (Å²) in [5, 5.41) is 2.42. The van der Waals surface area contributed by atoms with Crippen LogP contribution in [0.1, 0.15) is 5.56 Å². The van der Waals surface area contributed by atoms with E-state index in [4.69, 9.17) is 9.47 Å². The van der Waals surface area contributed by atoms with Crippen LogP contribution >= 0.6 is 0 Å². The maximum absolute atomic E-state index is 12.1. The largest absolute Gasteiger partial charge is 0.468 e. The van der Waals surface area contributed by atoms with Crippen LogP contribution in [-0.2, 0) is 14.3 Å². The topological polar surface area (TPSA) is 94.2 Å². The first-order chi connectivity index (χ1) is 10.6. The lowest BCUT2D eigenvalue weighted by Gasteiger charge is -2.08. The van der Waals surface area contributed by atoms with E-state index in [9.17, 15) is 14.4 Å².